The first kappa shape index (κ1) is 20.9. The van der Waals surface area contributed by atoms with Crippen molar-refractivity contribution in [2.24, 2.45) is 0 Å². The molecule has 0 aromatic heterocycles. The van der Waals surface area contributed by atoms with Crippen LogP contribution in [0.5, 0.6) is 5.75 Å². The van der Waals surface area contributed by atoms with Crippen LogP contribution in [0.2, 0.25) is 0 Å². The van der Waals surface area contributed by atoms with Gasteiger partial charge in [0.15, 0.2) is 0 Å². The SMILES string of the molecule is CCOc1ccc(C2=C(Sc3ccccc3)C(=O)N(Cc3ccc(F)cc3)C2=O)cc1. The summed E-state index contributed by atoms with van der Waals surface area (Å²) in [5.41, 5.74) is 1.70. The van der Waals surface area contributed by atoms with Gasteiger partial charge in [0.25, 0.3) is 11.8 Å². The smallest absolute Gasteiger partial charge is 0.268 e. The minimum atomic E-state index is -0.364. The minimum absolute atomic E-state index is 0.0807. The number of amides is 2. The summed E-state index contributed by atoms with van der Waals surface area (Å²) in [4.78, 5) is 29.1. The molecule has 0 fully saturated rings. The Morgan fingerprint density at radius 2 is 1.55 bits per heavy atom. The van der Waals surface area contributed by atoms with Gasteiger partial charge < -0.3 is 4.74 Å². The maximum absolute atomic E-state index is 13.3. The highest BCUT2D eigenvalue weighted by Gasteiger charge is 2.39. The monoisotopic (exact) mass is 433 g/mol. The number of carbonyl (C=O) groups is 2. The Balaban J connectivity index is 1.70. The van der Waals surface area contributed by atoms with Crippen LogP contribution in [0.4, 0.5) is 4.39 Å². The lowest BCUT2D eigenvalue weighted by Crippen LogP contribution is -2.30. The molecule has 3 aromatic rings. The van der Waals surface area contributed by atoms with E-state index >= 15 is 0 Å². The van der Waals surface area contributed by atoms with E-state index in [9.17, 15) is 14.0 Å². The van der Waals surface area contributed by atoms with E-state index in [-0.39, 0.29) is 24.2 Å². The highest BCUT2D eigenvalue weighted by atomic mass is 32.2. The van der Waals surface area contributed by atoms with Gasteiger partial charge in [0.2, 0.25) is 0 Å². The van der Waals surface area contributed by atoms with Crippen LogP contribution in [0.15, 0.2) is 88.7 Å². The minimum Gasteiger partial charge on any atom is -0.494 e. The zero-order valence-electron chi connectivity index (χ0n) is 16.9. The number of hydrogen-bond donors (Lipinski definition) is 0. The first-order valence-corrected chi connectivity index (χ1v) is 10.7. The van der Waals surface area contributed by atoms with Gasteiger partial charge in [0, 0.05) is 4.90 Å². The molecule has 0 saturated heterocycles. The number of rotatable bonds is 7. The maximum atomic E-state index is 13.3. The molecule has 0 bridgehead atoms. The molecule has 4 rings (SSSR count). The fourth-order valence-electron chi connectivity index (χ4n) is 3.31. The second-order valence-corrected chi connectivity index (χ2v) is 7.98. The second-order valence-electron chi connectivity index (χ2n) is 6.90. The second kappa shape index (κ2) is 9.18. The van der Waals surface area contributed by atoms with Crippen molar-refractivity contribution in [3.05, 3.63) is 101 Å². The third-order valence-electron chi connectivity index (χ3n) is 4.80. The molecule has 1 aliphatic rings. The quantitative estimate of drug-likeness (QED) is 0.475. The van der Waals surface area contributed by atoms with Crippen molar-refractivity contribution >= 4 is 29.1 Å². The first-order valence-electron chi connectivity index (χ1n) is 9.88. The number of thioether (sulfide) groups is 1. The predicted molar refractivity (Wildman–Crippen MR) is 119 cm³/mol. The highest BCUT2D eigenvalue weighted by Crippen LogP contribution is 2.40. The van der Waals surface area contributed by atoms with E-state index in [1.807, 2.05) is 37.3 Å². The molecule has 6 heteroatoms. The molecule has 2 amide bonds. The number of nitrogens with zero attached hydrogens (tertiary/aromatic N) is 1. The lowest BCUT2D eigenvalue weighted by atomic mass is 10.1. The molecule has 0 atom stereocenters. The fraction of sp³-hybridized carbons (Fsp3) is 0.120. The molecule has 0 saturated carbocycles. The van der Waals surface area contributed by atoms with Gasteiger partial charge in [-0.05, 0) is 54.4 Å². The number of hydrogen-bond acceptors (Lipinski definition) is 4. The highest BCUT2D eigenvalue weighted by molar-refractivity contribution is 8.04. The molecule has 1 heterocycles. The summed E-state index contributed by atoms with van der Waals surface area (Å²) in [6.45, 7) is 2.52. The van der Waals surface area contributed by atoms with E-state index in [4.69, 9.17) is 4.74 Å². The van der Waals surface area contributed by atoms with Crippen molar-refractivity contribution in [3.63, 3.8) is 0 Å². The van der Waals surface area contributed by atoms with Crippen molar-refractivity contribution in [2.45, 2.75) is 18.4 Å². The topological polar surface area (TPSA) is 46.6 Å². The zero-order valence-corrected chi connectivity index (χ0v) is 17.7. The van der Waals surface area contributed by atoms with E-state index in [0.717, 1.165) is 4.90 Å². The predicted octanol–water partition coefficient (Wildman–Crippen LogP) is 5.30. The Kier molecular flexibility index (Phi) is 6.18. The molecular formula is C25H20FNO3S. The van der Waals surface area contributed by atoms with Crippen LogP contribution in [0, 0.1) is 5.82 Å². The van der Waals surface area contributed by atoms with Gasteiger partial charge in [-0.25, -0.2) is 4.39 Å². The summed E-state index contributed by atoms with van der Waals surface area (Å²) in [6, 6.07) is 22.4. The summed E-state index contributed by atoms with van der Waals surface area (Å²) in [5, 5.41) is 0. The van der Waals surface area contributed by atoms with Crippen LogP contribution in [-0.4, -0.2) is 23.3 Å². The summed E-state index contributed by atoms with van der Waals surface area (Å²) >= 11 is 1.27. The first-order chi connectivity index (χ1) is 15.1. The van der Waals surface area contributed by atoms with Gasteiger partial charge in [0.1, 0.15) is 11.6 Å². The van der Waals surface area contributed by atoms with E-state index in [2.05, 4.69) is 0 Å². The number of imide groups is 1. The molecule has 0 N–H and O–H groups in total. The number of ether oxygens (including phenoxy) is 1. The standard InChI is InChI=1S/C25H20FNO3S/c1-2-30-20-14-10-18(11-15-20)22-23(31-21-6-4-3-5-7-21)25(29)27(24(22)28)16-17-8-12-19(26)13-9-17/h3-15H,2,16H2,1H3. The van der Waals surface area contributed by atoms with E-state index < -0.39 is 0 Å². The summed E-state index contributed by atoms with van der Waals surface area (Å²) < 4.78 is 18.7. The lowest BCUT2D eigenvalue weighted by molar-refractivity contribution is -0.137. The molecule has 4 nitrogen and oxygen atoms in total. The third kappa shape index (κ3) is 4.54. The van der Waals surface area contributed by atoms with Crippen LogP contribution in [0.25, 0.3) is 5.57 Å². The van der Waals surface area contributed by atoms with Gasteiger partial charge in [0.05, 0.1) is 23.6 Å². The summed E-state index contributed by atoms with van der Waals surface area (Å²) in [6.07, 6.45) is 0. The Morgan fingerprint density at radius 3 is 2.19 bits per heavy atom. The average Bonchev–Trinajstić information content (AvgIpc) is 3.01. The van der Waals surface area contributed by atoms with E-state index in [0.29, 0.717) is 34.0 Å². The maximum Gasteiger partial charge on any atom is 0.268 e. The van der Waals surface area contributed by atoms with Crippen molar-refractivity contribution < 1.29 is 18.7 Å². The fourth-order valence-corrected chi connectivity index (χ4v) is 4.34. The molecule has 0 aliphatic carbocycles. The van der Waals surface area contributed by atoms with Crippen LogP contribution in [0.3, 0.4) is 0 Å². The molecular weight excluding hydrogens is 413 g/mol. The van der Waals surface area contributed by atoms with Crippen molar-refractivity contribution in [1.29, 1.82) is 0 Å². The number of halogens is 1. The van der Waals surface area contributed by atoms with Crippen LogP contribution >= 0.6 is 11.8 Å². The molecule has 0 radical (unpaired) electrons. The Morgan fingerprint density at radius 1 is 0.871 bits per heavy atom. The zero-order chi connectivity index (χ0) is 21.8. The lowest BCUT2D eigenvalue weighted by Gasteiger charge is -2.15. The summed E-state index contributed by atoms with van der Waals surface area (Å²) in [7, 11) is 0. The van der Waals surface area contributed by atoms with Gasteiger partial charge in [-0.1, -0.05) is 54.2 Å². The molecule has 1 aliphatic heterocycles. The van der Waals surface area contributed by atoms with Gasteiger partial charge in [-0.15, -0.1) is 0 Å². The largest absolute Gasteiger partial charge is 0.494 e. The van der Waals surface area contributed by atoms with Crippen molar-refractivity contribution in [1.82, 2.24) is 4.90 Å². The molecule has 31 heavy (non-hydrogen) atoms. The van der Waals surface area contributed by atoms with E-state index in [1.54, 1.807) is 36.4 Å². The third-order valence-corrected chi connectivity index (χ3v) is 5.89. The molecule has 0 unspecified atom stereocenters. The number of carbonyl (C=O) groups excluding carboxylic acids is 2. The van der Waals surface area contributed by atoms with Crippen molar-refractivity contribution in [2.75, 3.05) is 6.61 Å². The summed E-state index contributed by atoms with van der Waals surface area (Å²) in [5.74, 6) is -0.385. The Bertz CT molecular complexity index is 1130. The average molecular weight is 434 g/mol. The van der Waals surface area contributed by atoms with Crippen LogP contribution in [0.1, 0.15) is 18.1 Å². The van der Waals surface area contributed by atoms with Gasteiger partial charge in [-0.3, -0.25) is 14.5 Å². The van der Waals surface area contributed by atoms with Gasteiger partial charge >= 0.3 is 0 Å². The molecule has 3 aromatic carbocycles. The Labute approximate surface area is 184 Å². The Hall–Kier alpha value is -3.38. The van der Waals surface area contributed by atoms with Crippen LogP contribution < -0.4 is 4.74 Å². The van der Waals surface area contributed by atoms with Gasteiger partial charge in [-0.2, -0.15) is 0 Å². The van der Waals surface area contributed by atoms with Crippen molar-refractivity contribution in [3.8, 4) is 5.75 Å². The van der Waals surface area contributed by atoms with Crippen LogP contribution in [-0.2, 0) is 16.1 Å². The normalized spacial score (nSPS) is 13.8. The molecule has 0 spiro atoms. The van der Waals surface area contributed by atoms with E-state index in [1.165, 1.54) is 28.8 Å². The number of benzene rings is 3. The molecule has 156 valence electrons.